The van der Waals surface area contributed by atoms with E-state index < -0.39 is 10.0 Å². The first-order valence-electron chi connectivity index (χ1n) is 10.4. The molecule has 3 aromatic rings. The van der Waals surface area contributed by atoms with E-state index >= 15 is 0 Å². The van der Waals surface area contributed by atoms with E-state index in [0.717, 1.165) is 22.0 Å². The van der Waals surface area contributed by atoms with Crippen molar-refractivity contribution in [2.75, 3.05) is 12.4 Å². The normalized spacial score (nSPS) is 11.9. The number of sulfonamides is 1. The Kier molecular flexibility index (Phi) is 8.01. The summed E-state index contributed by atoms with van der Waals surface area (Å²) in [4.78, 5) is 16.8. The van der Waals surface area contributed by atoms with Gasteiger partial charge in [-0.05, 0) is 68.8 Å². The SMILES string of the molecule is Cc1nc(COc2ccc(/C=C/C(=O)Nc3ccc(S(=O)(=O)N(C)C(C)C)cc3)cc2)cs1. The van der Waals surface area contributed by atoms with Crippen LogP contribution in [0.2, 0.25) is 0 Å². The highest BCUT2D eigenvalue weighted by atomic mass is 32.2. The minimum absolute atomic E-state index is 0.151. The maximum Gasteiger partial charge on any atom is 0.248 e. The van der Waals surface area contributed by atoms with Crippen LogP contribution in [0.25, 0.3) is 6.08 Å². The molecule has 1 aromatic heterocycles. The third kappa shape index (κ3) is 6.74. The number of benzene rings is 2. The Labute approximate surface area is 198 Å². The Hall–Kier alpha value is -3.01. The van der Waals surface area contributed by atoms with Gasteiger partial charge in [-0.2, -0.15) is 4.31 Å². The molecular weight excluding hydrogens is 458 g/mol. The maximum atomic E-state index is 12.5. The molecule has 33 heavy (non-hydrogen) atoms. The molecule has 1 amide bonds. The number of amides is 1. The fourth-order valence-corrected chi connectivity index (χ4v) is 4.78. The van der Waals surface area contributed by atoms with Crippen molar-refractivity contribution in [1.82, 2.24) is 9.29 Å². The zero-order chi connectivity index (χ0) is 24.0. The van der Waals surface area contributed by atoms with Crippen LogP contribution in [0.5, 0.6) is 5.75 Å². The van der Waals surface area contributed by atoms with Gasteiger partial charge in [0.15, 0.2) is 0 Å². The largest absolute Gasteiger partial charge is 0.487 e. The van der Waals surface area contributed by atoms with Crippen molar-refractivity contribution in [1.29, 1.82) is 0 Å². The average molecular weight is 486 g/mol. The molecule has 0 aliphatic heterocycles. The van der Waals surface area contributed by atoms with Gasteiger partial charge < -0.3 is 10.1 Å². The maximum absolute atomic E-state index is 12.5. The van der Waals surface area contributed by atoms with E-state index in [4.69, 9.17) is 4.74 Å². The second-order valence-electron chi connectivity index (χ2n) is 7.68. The number of hydrogen-bond donors (Lipinski definition) is 1. The average Bonchev–Trinajstić information content (AvgIpc) is 3.21. The number of aromatic nitrogens is 1. The molecule has 0 atom stereocenters. The van der Waals surface area contributed by atoms with Crippen molar-refractivity contribution in [2.24, 2.45) is 0 Å². The molecule has 0 saturated carbocycles. The minimum atomic E-state index is -3.56. The number of nitrogens with one attached hydrogen (secondary N) is 1. The molecule has 1 heterocycles. The lowest BCUT2D eigenvalue weighted by Gasteiger charge is -2.21. The van der Waals surface area contributed by atoms with Gasteiger partial charge in [-0.3, -0.25) is 4.79 Å². The van der Waals surface area contributed by atoms with E-state index in [2.05, 4.69) is 10.3 Å². The Balaban J connectivity index is 1.54. The lowest BCUT2D eigenvalue weighted by molar-refractivity contribution is -0.111. The number of anilines is 1. The molecule has 0 saturated heterocycles. The predicted octanol–water partition coefficient (Wildman–Crippen LogP) is 4.71. The number of carbonyl (C=O) groups excluding carboxylic acids is 1. The molecule has 0 fully saturated rings. The molecule has 0 radical (unpaired) electrons. The second kappa shape index (κ2) is 10.7. The van der Waals surface area contributed by atoms with Crippen molar-refractivity contribution in [3.8, 4) is 5.75 Å². The van der Waals surface area contributed by atoms with E-state index in [1.165, 1.54) is 22.5 Å². The van der Waals surface area contributed by atoms with Crippen molar-refractivity contribution in [2.45, 2.75) is 38.3 Å². The Morgan fingerprint density at radius 1 is 1.15 bits per heavy atom. The number of carbonyl (C=O) groups is 1. The quantitative estimate of drug-likeness (QED) is 0.444. The topological polar surface area (TPSA) is 88.6 Å². The smallest absolute Gasteiger partial charge is 0.248 e. The fraction of sp³-hybridized carbons (Fsp3) is 0.250. The van der Waals surface area contributed by atoms with Crippen LogP contribution < -0.4 is 10.1 Å². The minimum Gasteiger partial charge on any atom is -0.487 e. The van der Waals surface area contributed by atoms with E-state index in [-0.39, 0.29) is 16.8 Å². The van der Waals surface area contributed by atoms with Crippen LogP contribution in [-0.4, -0.2) is 36.7 Å². The number of hydrogen-bond acceptors (Lipinski definition) is 6. The van der Waals surface area contributed by atoms with E-state index in [1.807, 2.05) is 50.4 Å². The lowest BCUT2D eigenvalue weighted by Crippen LogP contribution is -2.33. The first-order valence-corrected chi connectivity index (χ1v) is 12.7. The molecule has 7 nitrogen and oxygen atoms in total. The van der Waals surface area contributed by atoms with Gasteiger partial charge in [-0.25, -0.2) is 13.4 Å². The Bertz CT molecular complexity index is 1220. The summed E-state index contributed by atoms with van der Waals surface area (Å²) >= 11 is 1.59. The number of nitrogens with zero attached hydrogens (tertiary/aromatic N) is 2. The van der Waals surface area contributed by atoms with Crippen LogP contribution >= 0.6 is 11.3 Å². The molecule has 1 N–H and O–H groups in total. The van der Waals surface area contributed by atoms with Gasteiger partial charge in [0.25, 0.3) is 0 Å². The van der Waals surface area contributed by atoms with E-state index in [0.29, 0.717) is 12.3 Å². The van der Waals surface area contributed by atoms with Crippen LogP contribution in [0, 0.1) is 6.92 Å². The van der Waals surface area contributed by atoms with Crippen LogP contribution in [-0.2, 0) is 21.4 Å². The summed E-state index contributed by atoms with van der Waals surface area (Å²) in [5, 5.41) is 5.71. The standard InChI is InChI=1S/C24H27N3O4S2/c1-17(2)27(4)33(29,30)23-12-8-20(9-13-23)26-24(28)14-7-19-5-10-22(11-6-19)31-15-21-16-32-18(3)25-21/h5-14,16-17H,15H2,1-4H3,(H,26,28)/b14-7+. The molecule has 0 aliphatic rings. The summed E-state index contributed by atoms with van der Waals surface area (Å²) in [6.45, 7) is 5.98. The van der Waals surface area contributed by atoms with Crippen molar-refractivity contribution < 1.29 is 17.9 Å². The molecule has 174 valence electrons. The Morgan fingerprint density at radius 3 is 2.39 bits per heavy atom. The van der Waals surface area contributed by atoms with Crippen LogP contribution in [0.4, 0.5) is 5.69 Å². The molecule has 9 heteroatoms. The highest BCUT2D eigenvalue weighted by Crippen LogP contribution is 2.19. The molecule has 0 spiro atoms. The summed E-state index contributed by atoms with van der Waals surface area (Å²) in [5.41, 5.74) is 2.26. The van der Waals surface area contributed by atoms with E-state index in [9.17, 15) is 13.2 Å². The van der Waals surface area contributed by atoms with Gasteiger partial charge in [0.05, 0.1) is 15.6 Å². The summed E-state index contributed by atoms with van der Waals surface area (Å²) < 4.78 is 32.1. The third-order valence-electron chi connectivity index (χ3n) is 4.89. The zero-order valence-electron chi connectivity index (χ0n) is 19.0. The van der Waals surface area contributed by atoms with Crippen molar-refractivity contribution in [3.05, 3.63) is 76.3 Å². The van der Waals surface area contributed by atoms with Gasteiger partial charge in [-0.15, -0.1) is 11.3 Å². The van der Waals surface area contributed by atoms with Crippen molar-refractivity contribution >= 4 is 39.0 Å². The van der Waals surface area contributed by atoms with Crippen LogP contribution in [0.3, 0.4) is 0 Å². The molecular formula is C24H27N3O4S2. The van der Waals surface area contributed by atoms with Crippen LogP contribution in [0.1, 0.15) is 30.1 Å². The number of thiazole rings is 1. The summed E-state index contributed by atoms with van der Waals surface area (Å²) in [5.74, 6) is 0.407. The van der Waals surface area contributed by atoms with Gasteiger partial charge >= 0.3 is 0 Å². The summed E-state index contributed by atoms with van der Waals surface area (Å²) in [6, 6.07) is 13.4. The highest BCUT2D eigenvalue weighted by Gasteiger charge is 2.22. The summed E-state index contributed by atoms with van der Waals surface area (Å²) in [6.07, 6.45) is 3.12. The first kappa shape index (κ1) is 24.6. The molecule has 3 rings (SSSR count). The van der Waals surface area contributed by atoms with Crippen molar-refractivity contribution in [3.63, 3.8) is 0 Å². The van der Waals surface area contributed by atoms with E-state index in [1.54, 1.807) is 36.6 Å². The molecule has 0 bridgehead atoms. The van der Waals surface area contributed by atoms with Gasteiger partial charge in [0.2, 0.25) is 15.9 Å². The first-order chi connectivity index (χ1) is 15.6. The molecule has 2 aromatic carbocycles. The summed E-state index contributed by atoms with van der Waals surface area (Å²) in [7, 11) is -2.02. The lowest BCUT2D eigenvalue weighted by atomic mass is 10.2. The monoisotopic (exact) mass is 485 g/mol. The molecule has 0 unspecified atom stereocenters. The predicted molar refractivity (Wildman–Crippen MR) is 132 cm³/mol. The number of ether oxygens (including phenoxy) is 1. The van der Waals surface area contributed by atoms with Gasteiger partial charge in [0, 0.05) is 30.2 Å². The molecule has 0 aliphatic carbocycles. The third-order valence-corrected chi connectivity index (χ3v) is 7.76. The van der Waals surface area contributed by atoms with Crippen LogP contribution in [0.15, 0.2) is 64.9 Å². The second-order valence-corrected chi connectivity index (χ2v) is 10.7. The number of aryl methyl sites for hydroxylation is 1. The Morgan fingerprint density at radius 2 is 1.82 bits per heavy atom. The number of rotatable bonds is 9. The fourth-order valence-electron chi connectivity index (χ4n) is 2.82. The van der Waals surface area contributed by atoms with Gasteiger partial charge in [0.1, 0.15) is 12.4 Å². The highest BCUT2D eigenvalue weighted by molar-refractivity contribution is 7.89. The van der Waals surface area contributed by atoms with Gasteiger partial charge in [-0.1, -0.05) is 12.1 Å². The zero-order valence-corrected chi connectivity index (χ0v) is 20.6.